The van der Waals surface area contributed by atoms with Crippen LogP contribution in [0.5, 0.6) is 0 Å². The van der Waals surface area contributed by atoms with Crippen molar-refractivity contribution < 1.29 is 14.4 Å². The average molecular weight is 238 g/mol. The molecule has 1 heterocycles. The van der Waals surface area contributed by atoms with Crippen molar-refractivity contribution in [3.05, 3.63) is 0 Å². The second-order valence-electron chi connectivity index (χ2n) is 4.73. The Bertz CT molecular complexity index is 304. The van der Waals surface area contributed by atoms with Crippen LogP contribution in [0.1, 0.15) is 46.5 Å². The summed E-state index contributed by atoms with van der Waals surface area (Å²) in [5.74, 6) is 6.15. The molecule has 0 aromatic heterocycles. The SMILES string of the molecule is CCC(C#CC[NH+]1CCCC1)(CC)OC(C)=O. The zero-order chi connectivity index (χ0) is 12.7. The molecular formula is C14H24NO2+. The summed E-state index contributed by atoms with van der Waals surface area (Å²) in [4.78, 5) is 12.7. The van der Waals surface area contributed by atoms with Crippen LogP contribution >= 0.6 is 0 Å². The quantitative estimate of drug-likeness (QED) is 0.580. The predicted molar refractivity (Wildman–Crippen MR) is 67.7 cm³/mol. The Morgan fingerprint density at radius 1 is 1.29 bits per heavy atom. The second kappa shape index (κ2) is 6.66. The summed E-state index contributed by atoms with van der Waals surface area (Å²) in [6.07, 6.45) is 4.14. The normalized spacial score (nSPS) is 16.4. The topological polar surface area (TPSA) is 30.7 Å². The predicted octanol–water partition coefficient (Wildman–Crippen LogP) is 0.790. The van der Waals surface area contributed by atoms with Crippen molar-refractivity contribution in [1.29, 1.82) is 0 Å². The van der Waals surface area contributed by atoms with Gasteiger partial charge in [-0.05, 0) is 24.7 Å². The van der Waals surface area contributed by atoms with Crippen LogP contribution in [0.3, 0.4) is 0 Å². The summed E-state index contributed by atoms with van der Waals surface area (Å²) < 4.78 is 5.38. The molecule has 0 bridgehead atoms. The second-order valence-corrected chi connectivity index (χ2v) is 4.73. The number of esters is 1. The zero-order valence-electron chi connectivity index (χ0n) is 11.3. The van der Waals surface area contributed by atoms with Crippen molar-refractivity contribution in [2.75, 3.05) is 19.6 Å². The minimum absolute atomic E-state index is 0.239. The molecule has 1 aliphatic rings. The van der Waals surface area contributed by atoms with E-state index in [9.17, 15) is 4.79 Å². The van der Waals surface area contributed by atoms with Gasteiger partial charge in [-0.3, -0.25) is 4.79 Å². The molecule has 0 spiro atoms. The molecule has 0 saturated carbocycles. The molecule has 3 heteroatoms. The molecule has 96 valence electrons. The maximum atomic E-state index is 11.1. The third-order valence-electron chi connectivity index (χ3n) is 3.45. The maximum absolute atomic E-state index is 11.1. The molecule has 0 radical (unpaired) electrons. The van der Waals surface area contributed by atoms with Crippen molar-refractivity contribution in [3.63, 3.8) is 0 Å². The van der Waals surface area contributed by atoms with Gasteiger partial charge < -0.3 is 9.64 Å². The van der Waals surface area contributed by atoms with Gasteiger partial charge in [0.15, 0.2) is 5.60 Å². The van der Waals surface area contributed by atoms with Gasteiger partial charge in [-0.2, -0.15) is 0 Å². The molecule has 0 aromatic rings. The van der Waals surface area contributed by atoms with Gasteiger partial charge in [0.2, 0.25) is 0 Å². The van der Waals surface area contributed by atoms with Gasteiger partial charge in [0.05, 0.1) is 13.1 Å². The molecule has 1 N–H and O–H groups in total. The fourth-order valence-corrected chi connectivity index (χ4v) is 2.25. The van der Waals surface area contributed by atoms with Crippen LogP contribution in [-0.4, -0.2) is 31.2 Å². The van der Waals surface area contributed by atoms with E-state index in [0.29, 0.717) is 0 Å². The van der Waals surface area contributed by atoms with Crippen molar-refractivity contribution in [2.45, 2.75) is 52.1 Å². The smallest absolute Gasteiger partial charge is 0.304 e. The number of rotatable bonds is 4. The van der Waals surface area contributed by atoms with Crippen LogP contribution in [-0.2, 0) is 9.53 Å². The molecule has 1 fully saturated rings. The van der Waals surface area contributed by atoms with Gasteiger partial charge in [0.25, 0.3) is 0 Å². The van der Waals surface area contributed by atoms with E-state index in [-0.39, 0.29) is 5.97 Å². The van der Waals surface area contributed by atoms with E-state index in [0.717, 1.165) is 19.4 Å². The number of carbonyl (C=O) groups is 1. The molecule has 1 rings (SSSR count). The first kappa shape index (κ1) is 14.1. The van der Waals surface area contributed by atoms with Crippen molar-refractivity contribution >= 4 is 5.97 Å². The molecule has 0 unspecified atom stereocenters. The standard InChI is InChI=1S/C14H23NO2/c1-4-14(5-2,17-13(3)16)9-8-12-15-10-6-7-11-15/h4-7,10-12H2,1-3H3/p+1. The fraction of sp³-hybridized carbons (Fsp3) is 0.786. The van der Waals surface area contributed by atoms with Crippen LogP contribution in [0.4, 0.5) is 0 Å². The lowest BCUT2D eigenvalue weighted by Gasteiger charge is -2.25. The lowest BCUT2D eigenvalue weighted by atomic mass is 9.98. The molecule has 0 atom stereocenters. The van der Waals surface area contributed by atoms with E-state index in [1.54, 1.807) is 4.90 Å². The number of ether oxygens (including phenoxy) is 1. The molecule has 1 aliphatic heterocycles. The van der Waals surface area contributed by atoms with E-state index >= 15 is 0 Å². The Hall–Kier alpha value is -1.01. The van der Waals surface area contributed by atoms with Crippen LogP contribution in [0.2, 0.25) is 0 Å². The van der Waals surface area contributed by atoms with Gasteiger partial charge >= 0.3 is 5.97 Å². The summed E-state index contributed by atoms with van der Waals surface area (Å²) in [6, 6.07) is 0. The van der Waals surface area contributed by atoms with Crippen molar-refractivity contribution in [3.8, 4) is 11.8 Å². The van der Waals surface area contributed by atoms with Crippen LogP contribution in [0.15, 0.2) is 0 Å². The van der Waals surface area contributed by atoms with Gasteiger partial charge in [-0.25, -0.2) is 0 Å². The monoisotopic (exact) mass is 238 g/mol. The van der Waals surface area contributed by atoms with E-state index in [4.69, 9.17) is 4.74 Å². The number of carbonyl (C=O) groups excluding carboxylic acids is 1. The lowest BCUT2D eigenvalue weighted by Crippen LogP contribution is -3.09. The maximum Gasteiger partial charge on any atom is 0.304 e. The highest BCUT2D eigenvalue weighted by Crippen LogP contribution is 2.19. The van der Waals surface area contributed by atoms with Crippen LogP contribution in [0.25, 0.3) is 0 Å². The summed E-state index contributed by atoms with van der Waals surface area (Å²) in [5.41, 5.74) is -0.564. The van der Waals surface area contributed by atoms with E-state index in [1.165, 1.54) is 32.9 Å². The minimum Gasteiger partial charge on any atom is -0.446 e. The highest BCUT2D eigenvalue weighted by atomic mass is 16.6. The average Bonchev–Trinajstić information content (AvgIpc) is 2.80. The third-order valence-corrected chi connectivity index (χ3v) is 3.45. The Morgan fingerprint density at radius 3 is 2.35 bits per heavy atom. The highest BCUT2D eigenvalue weighted by molar-refractivity contribution is 5.67. The molecule has 0 amide bonds. The summed E-state index contributed by atoms with van der Waals surface area (Å²) in [5, 5.41) is 0. The fourth-order valence-electron chi connectivity index (χ4n) is 2.25. The van der Waals surface area contributed by atoms with Gasteiger partial charge in [-0.15, -0.1) is 0 Å². The van der Waals surface area contributed by atoms with E-state index in [1.807, 2.05) is 13.8 Å². The first-order chi connectivity index (χ1) is 8.12. The van der Waals surface area contributed by atoms with Crippen LogP contribution < -0.4 is 4.90 Å². The Morgan fingerprint density at radius 2 is 1.88 bits per heavy atom. The van der Waals surface area contributed by atoms with Crippen molar-refractivity contribution in [1.82, 2.24) is 0 Å². The van der Waals surface area contributed by atoms with E-state index in [2.05, 4.69) is 11.8 Å². The largest absolute Gasteiger partial charge is 0.446 e. The van der Waals surface area contributed by atoms with Gasteiger partial charge in [0, 0.05) is 19.8 Å². The Labute approximate surface area is 105 Å². The number of hydrogen-bond donors (Lipinski definition) is 1. The molecule has 3 nitrogen and oxygen atoms in total. The number of quaternary nitrogens is 1. The molecule has 1 saturated heterocycles. The Kier molecular flexibility index (Phi) is 5.50. The molecule has 0 aliphatic carbocycles. The molecule has 0 aromatic carbocycles. The minimum atomic E-state index is -0.564. The molecule has 17 heavy (non-hydrogen) atoms. The van der Waals surface area contributed by atoms with Gasteiger partial charge in [-0.1, -0.05) is 13.8 Å². The lowest BCUT2D eigenvalue weighted by molar-refractivity contribution is -0.879. The molecular weight excluding hydrogens is 214 g/mol. The Balaban J connectivity index is 2.58. The van der Waals surface area contributed by atoms with Gasteiger partial charge in [0.1, 0.15) is 6.54 Å². The summed E-state index contributed by atoms with van der Waals surface area (Å²) in [7, 11) is 0. The number of hydrogen-bond acceptors (Lipinski definition) is 2. The third kappa shape index (κ3) is 4.40. The van der Waals surface area contributed by atoms with E-state index < -0.39 is 5.60 Å². The zero-order valence-corrected chi connectivity index (χ0v) is 11.3. The number of likely N-dealkylation sites (tertiary alicyclic amines) is 1. The first-order valence-corrected chi connectivity index (χ1v) is 6.65. The summed E-state index contributed by atoms with van der Waals surface area (Å²) >= 11 is 0. The highest BCUT2D eigenvalue weighted by Gasteiger charge is 2.27. The first-order valence-electron chi connectivity index (χ1n) is 6.65. The van der Waals surface area contributed by atoms with Crippen LogP contribution in [0, 0.1) is 11.8 Å². The summed E-state index contributed by atoms with van der Waals surface area (Å²) in [6.45, 7) is 8.82. The van der Waals surface area contributed by atoms with Crippen molar-refractivity contribution in [2.24, 2.45) is 0 Å². The number of nitrogens with one attached hydrogen (secondary N) is 1.